The Kier molecular flexibility index (Phi) is 4.99. The van der Waals surface area contributed by atoms with Gasteiger partial charge in [0.05, 0.1) is 11.4 Å². The van der Waals surface area contributed by atoms with E-state index in [1.165, 1.54) is 22.3 Å². The Hall–Kier alpha value is -2.81. The van der Waals surface area contributed by atoms with Crippen LogP contribution < -0.4 is 11.5 Å². The summed E-state index contributed by atoms with van der Waals surface area (Å²) in [5.41, 5.74) is 23.1. The molecule has 1 aromatic heterocycles. The van der Waals surface area contributed by atoms with Gasteiger partial charge in [-0.05, 0) is 98.3 Å². The minimum absolute atomic E-state index is 0.838. The van der Waals surface area contributed by atoms with Crippen LogP contribution in [0.25, 0.3) is 11.1 Å². The number of pyridine rings is 1. The monoisotopic (exact) mass is 345 g/mol. The minimum Gasteiger partial charge on any atom is -0.399 e. The average Bonchev–Trinajstić information content (AvgIpc) is 2.65. The van der Waals surface area contributed by atoms with Gasteiger partial charge in [0, 0.05) is 11.4 Å². The Labute approximate surface area is 156 Å². The van der Waals surface area contributed by atoms with Crippen molar-refractivity contribution in [2.75, 3.05) is 0 Å². The van der Waals surface area contributed by atoms with E-state index in [1.54, 1.807) is 0 Å². The van der Waals surface area contributed by atoms with E-state index in [4.69, 9.17) is 16.5 Å². The summed E-state index contributed by atoms with van der Waals surface area (Å²) < 4.78 is 0. The first-order valence-corrected chi connectivity index (χ1v) is 9.04. The van der Waals surface area contributed by atoms with Gasteiger partial charge in [-0.15, -0.1) is 0 Å². The summed E-state index contributed by atoms with van der Waals surface area (Å²) in [6.45, 7) is 8.43. The molecule has 0 saturated carbocycles. The maximum atomic E-state index is 6.10. The number of nitrogens with two attached hydrogens (primary N) is 2. The zero-order valence-corrected chi connectivity index (χ0v) is 16.1. The molecule has 2 aliphatic carbocycles. The molecule has 134 valence electrons. The zero-order chi connectivity index (χ0) is 18.8. The van der Waals surface area contributed by atoms with Crippen molar-refractivity contribution < 1.29 is 0 Å². The summed E-state index contributed by atoms with van der Waals surface area (Å²) >= 11 is 0. The number of rotatable bonds is 2. The van der Waals surface area contributed by atoms with E-state index < -0.39 is 0 Å². The number of hydrogen-bond acceptors (Lipinski definition) is 3. The topological polar surface area (TPSA) is 64.9 Å². The zero-order valence-electron chi connectivity index (χ0n) is 16.1. The molecule has 3 heteroatoms. The highest BCUT2D eigenvalue weighted by atomic mass is 14.7. The number of nitrogens with zero attached hydrogens (tertiary/aromatic N) is 1. The molecule has 4 N–H and O–H groups in total. The highest BCUT2D eigenvalue weighted by molar-refractivity contribution is 5.74. The molecule has 0 radical (unpaired) electrons. The quantitative estimate of drug-likeness (QED) is 0.791. The van der Waals surface area contributed by atoms with Gasteiger partial charge in [-0.2, -0.15) is 0 Å². The summed E-state index contributed by atoms with van der Waals surface area (Å²) in [7, 11) is 0. The molecule has 0 unspecified atom stereocenters. The van der Waals surface area contributed by atoms with Gasteiger partial charge in [0.25, 0.3) is 0 Å². The van der Waals surface area contributed by atoms with Gasteiger partial charge in [-0.25, -0.2) is 4.98 Å². The third kappa shape index (κ3) is 3.30. The molecule has 0 amide bonds. The summed E-state index contributed by atoms with van der Waals surface area (Å²) in [6, 6.07) is 6.22. The average molecular weight is 345 g/mol. The standard InChI is InChI=1S/C23H27N3/c1-14-18(8-5-10-20(14)24)16(3)22-12-7-13-23(26-22)17(4)19-9-6-11-21(25)15(19)2/h5-7,10-13H,8-9,24-25H2,1-4H3. The Morgan fingerprint density at radius 2 is 1.23 bits per heavy atom. The van der Waals surface area contributed by atoms with Crippen LogP contribution in [0.3, 0.4) is 0 Å². The van der Waals surface area contributed by atoms with Crippen molar-refractivity contribution in [3.8, 4) is 0 Å². The summed E-state index contributed by atoms with van der Waals surface area (Å²) in [6.07, 6.45) is 10.00. The molecule has 1 heterocycles. The molecule has 0 atom stereocenters. The van der Waals surface area contributed by atoms with E-state index in [0.29, 0.717) is 0 Å². The van der Waals surface area contributed by atoms with Crippen LogP contribution in [0.15, 0.2) is 76.2 Å². The lowest BCUT2D eigenvalue weighted by Gasteiger charge is -2.18. The highest BCUT2D eigenvalue weighted by Crippen LogP contribution is 2.32. The Balaban J connectivity index is 2.05. The lowest BCUT2D eigenvalue weighted by atomic mass is 9.90. The largest absolute Gasteiger partial charge is 0.399 e. The van der Waals surface area contributed by atoms with E-state index in [-0.39, 0.29) is 0 Å². The van der Waals surface area contributed by atoms with Crippen LogP contribution in [0.4, 0.5) is 0 Å². The normalized spacial score (nSPS) is 21.4. The van der Waals surface area contributed by atoms with Crippen LogP contribution in [0.2, 0.25) is 0 Å². The molecule has 0 bridgehead atoms. The molecule has 0 fully saturated rings. The molecule has 0 aromatic carbocycles. The van der Waals surface area contributed by atoms with Gasteiger partial charge in [0.2, 0.25) is 0 Å². The summed E-state index contributed by atoms with van der Waals surface area (Å²) in [4.78, 5) is 4.95. The SMILES string of the molecule is CC1=C(N)C=CCC1=C(C)c1cccc(C(C)=C2CC=CC(N)=C2C)n1. The third-order valence-electron chi connectivity index (χ3n) is 5.43. The van der Waals surface area contributed by atoms with Crippen molar-refractivity contribution in [1.82, 2.24) is 4.98 Å². The molecule has 0 saturated heterocycles. The first kappa shape index (κ1) is 18.0. The van der Waals surface area contributed by atoms with Gasteiger partial charge in [-0.3, -0.25) is 0 Å². The van der Waals surface area contributed by atoms with E-state index in [2.05, 4.69) is 58.0 Å². The Bertz CT molecular complexity index is 861. The van der Waals surface area contributed by atoms with Gasteiger partial charge >= 0.3 is 0 Å². The summed E-state index contributed by atoms with van der Waals surface area (Å²) in [5.74, 6) is 0. The van der Waals surface area contributed by atoms with Crippen molar-refractivity contribution in [1.29, 1.82) is 0 Å². The lowest BCUT2D eigenvalue weighted by molar-refractivity contribution is 1.10. The van der Waals surface area contributed by atoms with Gasteiger partial charge in [0.1, 0.15) is 0 Å². The molecule has 0 aliphatic heterocycles. The molecule has 3 nitrogen and oxygen atoms in total. The third-order valence-corrected chi connectivity index (χ3v) is 5.43. The minimum atomic E-state index is 0.838. The van der Waals surface area contributed by atoms with Crippen molar-refractivity contribution in [2.45, 2.75) is 40.5 Å². The van der Waals surface area contributed by atoms with Crippen molar-refractivity contribution in [3.63, 3.8) is 0 Å². The van der Waals surface area contributed by atoms with Crippen LogP contribution in [0, 0.1) is 0 Å². The molecule has 2 aliphatic rings. The predicted molar refractivity (Wildman–Crippen MR) is 111 cm³/mol. The Morgan fingerprint density at radius 1 is 0.808 bits per heavy atom. The second-order valence-corrected chi connectivity index (χ2v) is 6.99. The van der Waals surface area contributed by atoms with Gasteiger partial charge < -0.3 is 11.5 Å². The first-order chi connectivity index (χ1) is 12.4. The maximum Gasteiger partial charge on any atom is 0.0669 e. The molecular formula is C23H27N3. The van der Waals surface area contributed by atoms with Crippen LogP contribution >= 0.6 is 0 Å². The van der Waals surface area contributed by atoms with Gasteiger partial charge in [-0.1, -0.05) is 18.2 Å². The lowest BCUT2D eigenvalue weighted by Crippen LogP contribution is -2.07. The molecular weight excluding hydrogens is 318 g/mol. The highest BCUT2D eigenvalue weighted by Gasteiger charge is 2.15. The molecule has 26 heavy (non-hydrogen) atoms. The van der Waals surface area contributed by atoms with Crippen molar-refractivity contribution in [2.24, 2.45) is 11.5 Å². The fourth-order valence-electron chi connectivity index (χ4n) is 3.54. The maximum absolute atomic E-state index is 6.10. The van der Waals surface area contributed by atoms with Gasteiger partial charge in [0.15, 0.2) is 0 Å². The fraction of sp³-hybridized carbons (Fsp3) is 0.261. The van der Waals surface area contributed by atoms with Crippen LogP contribution in [0.1, 0.15) is 51.9 Å². The van der Waals surface area contributed by atoms with Crippen molar-refractivity contribution in [3.05, 3.63) is 87.6 Å². The Morgan fingerprint density at radius 3 is 1.65 bits per heavy atom. The van der Waals surface area contributed by atoms with Crippen LogP contribution in [-0.4, -0.2) is 4.98 Å². The smallest absolute Gasteiger partial charge is 0.0669 e. The van der Waals surface area contributed by atoms with E-state index in [9.17, 15) is 0 Å². The van der Waals surface area contributed by atoms with Crippen LogP contribution in [0.5, 0.6) is 0 Å². The number of allylic oxidation sites excluding steroid dienone is 10. The molecule has 1 aromatic rings. The summed E-state index contributed by atoms with van der Waals surface area (Å²) in [5, 5.41) is 0. The van der Waals surface area contributed by atoms with E-state index in [0.717, 1.165) is 46.8 Å². The molecule has 3 rings (SSSR count). The number of aromatic nitrogens is 1. The predicted octanol–water partition coefficient (Wildman–Crippen LogP) is 5.01. The van der Waals surface area contributed by atoms with E-state index >= 15 is 0 Å². The van der Waals surface area contributed by atoms with E-state index in [1.807, 2.05) is 12.2 Å². The molecule has 0 spiro atoms. The fourth-order valence-corrected chi connectivity index (χ4v) is 3.54. The van der Waals surface area contributed by atoms with Crippen molar-refractivity contribution >= 4 is 11.1 Å². The van der Waals surface area contributed by atoms with Crippen LogP contribution in [-0.2, 0) is 0 Å². The number of hydrogen-bond donors (Lipinski definition) is 2. The first-order valence-electron chi connectivity index (χ1n) is 9.04. The second-order valence-electron chi connectivity index (χ2n) is 6.99. The second kappa shape index (κ2) is 7.20.